The van der Waals surface area contributed by atoms with Crippen molar-refractivity contribution in [1.29, 1.82) is 0 Å². The van der Waals surface area contributed by atoms with Crippen LogP contribution < -0.4 is 4.74 Å². The molecule has 0 aliphatic heterocycles. The summed E-state index contributed by atoms with van der Waals surface area (Å²) in [4.78, 5) is 1.40. The van der Waals surface area contributed by atoms with Crippen molar-refractivity contribution in [2.45, 2.75) is 48.7 Å². The van der Waals surface area contributed by atoms with Gasteiger partial charge in [-0.3, -0.25) is 4.21 Å². The second-order valence-electron chi connectivity index (χ2n) is 8.80. The van der Waals surface area contributed by atoms with Crippen molar-refractivity contribution in [1.82, 2.24) is 0 Å². The quantitative estimate of drug-likeness (QED) is 0.318. The molecule has 1 saturated carbocycles. The van der Waals surface area contributed by atoms with Gasteiger partial charge in [-0.2, -0.15) is 0 Å². The van der Waals surface area contributed by atoms with Crippen LogP contribution in [0.15, 0.2) is 104 Å². The van der Waals surface area contributed by atoms with Crippen LogP contribution in [0, 0.1) is 13.8 Å². The molecular formula is C29H29ClO3S2. The van der Waals surface area contributed by atoms with Crippen LogP contribution >= 0.6 is 11.6 Å². The number of benzene rings is 3. The zero-order valence-corrected chi connectivity index (χ0v) is 22.7. The van der Waals surface area contributed by atoms with Gasteiger partial charge in [0.1, 0.15) is 10.1 Å². The Labute approximate surface area is 217 Å². The highest BCUT2D eigenvalue weighted by Gasteiger charge is 2.47. The molecular weight excluding hydrogens is 496 g/mol. The van der Waals surface area contributed by atoms with E-state index in [0.717, 1.165) is 51.3 Å². The van der Waals surface area contributed by atoms with Crippen molar-refractivity contribution in [2.75, 3.05) is 7.11 Å². The van der Waals surface area contributed by atoms with E-state index < -0.39 is 21.6 Å². The molecule has 0 aromatic heterocycles. The molecule has 35 heavy (non-hydrogen) atoms. The molecule has 3 aromatic rings. The van der Waals surface area contributed by atoms with Crippen molar-refractivity contribution >= 4 is 33.2 Å². The molecule has 182 valence electrons. The molecule has 0 N–H and O–H groups in total. The van der Waals surface area contributed by atoms with Gasteiger partial charge in [0.15, 0.2) is 0 Å². The number of hydrogen-bond donors (Lipinski definition) is 0. The molecule has 1 aliphatic carbocycles. The molecule has 0 amide bonds. The Balaban J connectivity index is 1.65. The van der Waals surface area contributed by atoms with Gasteiger partial charge in [-0.1, -0.05) is 64.7 Å². The first-order valence-electron chi connectivity index (χ1n) is 11.5. The predicted octanol–water partition coefficient (Wildman–Crippen LogP) is 7.01. The summed E-state index contributed by atoms with van der Waals surface area (Å²) in [5.41, 5.74) is 6.26. The molecule has 0 saturated heterocycles. The Morgan fingerprint density at radius 1 is 0.829 bits per heavy atom. The third-order valence-corrected chi connectivity index (χ3v) is 9.72. The highest BCUT2D eigenvalue weighted by atomic mass is 35.5. The Kier molecular flexibility index (Phi) is 8.10. The Morgan fingerprint density at radius 3 is 1.91 bits per heavy atom. The van der Waals surface area contributed by atoms with E-state index in [9.17, 15) is 8.42 Å². The average molecular weight is 525 g/mol. The smallest absolute Gasteiger partial charge is 0.118 e. The maximum Gasteiger partial charge on any atom is 0.118 e. The summed E-state index contributed by atoms with van der Waals surface area (Å²) >= 11 is 6.74. The largest absolute Gasteiger partial charge is 0.497 e. The minimum Gasteiger partial charge on any atom is -0.497 e. The van der Waals surface area contributed by atoms with Gasteiger partial charge in [0.25, 0.3) is 0 Å². The first kappa shape index (κ1) is 25.6. The van der Waals surface area contributed by atoms with Crippen LogP contribution in [-0.4, -0.2) is 20.8 Å². The third kappa shape index (κ3) is 5.85. The fourth-order valence-corrected chi connectivity index (χ4v) is 7.26. The molecule has 0 spiro atoms. The molecule has 3 atom stereocenters. The molecule has 0 radical (unpaired) electrons. The topological polar surface area (TPSA) is 43.4 Å². The summed E-state index contributed by atoms with van der Waals surface area (Å²) in [6.45, 7) is 6.05. The Morgan fingerprint density at radius 2 is 1.37 bits per heavy atom. The number of halogens is 1. The minimum atomic E-state index is -1.52. The van der Waals surface area contributed by atoms with E-state index in [2.05, 4.69) is 19.1 Å². The molecule has 6 heteroatoms. The van der Waals surface area contributed by atoms with E-state index in [1.54, 1.807) is 7.11 Å². The molecule has 4 rings (SSSR count). The predicted molar refractivity (Wildman–Crippen MR) is 146 cm³/mol. The highest BCUT2D eigenvalue weighted by Crippen LogP contribution is 2.50. The summed E-state index contributed by atoms with van der Waals surface area (Å²) in [7, 11) is -1.18. The number of rotatable bonds is 8. The van der Waals surface area contributed by atoms with Crippen molar-refractivity contribution in [3.8, 4) is 5.75 Å². The maximum absolute atomic E-state index is 13.6. The number of ether oxygens (including phenoxy) is 1. The van der Waals surface area contributed by atoms with Crippen LogP contribution in [0.4, 0.5) is 0 Å². The lowest BCUT2D eigenvalue weighted by atomic mass is 10.0. The molecule has 3 aromatic carbocycles. The first-order chi connectivity index (χ1) is 16.8. The van der Waals surface area contributed by atoms with E-state index in [1.165, 1.54) is 5.56 Å². The molecule has 0 heterocycles. The Bertz CT molecular complexity index is 1320. The van der Waals surface area contributed by atoms with Gasteiger partial charge in [-0.15, -0.1) is 0 Å². The zero-order valence-electron chi connectivity index (χ0n) is 20.3. The molecule has 3 nitrogen and oxygen atoms in total. The normalized spacial score (nSPS) is 19.6. The van der Waals surface area contributed by atoms with E-state index in [0.29, 0.717) is 4.90 Å². The van der Waals surface area contributed by atoms with Gasteiger partial charge in [-0.25, -0.2) is 4.21 Å². The molecule has 1 aliphatic rings. The monoisotopic (exact) mass is 524 g/mol. The fourth-order valence-electron chi connectivity index (χ4n) is 4.01. The van der Waals surface area contributed by atoms with Gasteiger partial charge in [-0.05, 0) is 81.1 Å². The summed E-state index contributed by atoms with van der Waals surface area (Å²) < 4.78 is 32.4. The highest BCUT2D eigenvalue weighted by molar-refractivity contribution is 7.91. The van der Waals surface area contributed by atoms with Crippen LogP contribution in [0.3, 0.4) is 0 Å². The molecule has 0 bridgehead atoms. The van der Waals surface area contributed by atoms with Crippen LogP contribution in [0.5, 0.6) is 5.75 Å². The van der Waals surface area contributed by atoms with Crippen molar-refractivity contribution in [3.05, 3.63) is 111 Å². The molecule has 1 fully saturated rings. The number of allylic oxidation sites excluding steroid dienone is 1. The number of methoxy groups -OCH3 is 1. The fraction of sp³-hybridized carbons (Fsp3) is 0.241. The van der Waals surface area contributed by atoms with Gasteiger partial charge in [0, 0.05) is 15.4 Å². The van der Waals surface area contributed by atoms with Crippen LogP contribution in [0.25, 0.3) is 0 Å². The van der Waals surface area contributed by atoms with E-state index in [4.69, 9.17) is 16.3 Å². The van der Waals surface area contributed by atoms with E-state index in [1.807, 2.05) is 74.5 Å². The lowest BCUT2D eigenvalue weighted by Crippen LogP contribution is -2.00. The van der Waals surface area contributed by atoms with Gasteiger partial charge >= 0.3 is 0 Å². The number of hydrogen-bond acceptors (Lipinski definition) is 3. The van der Waals surface area contributed by atoms with E-state index in [-0.39, 0.29) is 9.61 Å². The summed E-state index contributed by atoms with van der Waals surface area (Å²) in [6, 6.07) is 23.3. The lowest BCUT2D eigenvalue weighted by Gasteiger charge is -2.04. The number of aryl methyl sites for hydroxylation is 3. The lowest BCUT2D eigenvalue weighted by molar-refractivity contribution is 0.414. The summed E-state index contributed by atoms with van der Waals surface area (Å²) in [5, 5.41) is -0.338. The minimum absolute atomic E-state index is 0.276. The summed E-state index contributed by atoms with van der Waals surface area (Å²) in [6.07, 6.45) is 1.64. The van der Waals surface area contributed by atoms with Crippen molar-refractivity contribution in [2.24, 2.45) is 0 Å². The maximum atomic E-state index is 13.6. The van der Waals surface area contributed by atoms with Crippen LogP contribution in [0.1, 0.15) is 30.0 Å². The SMILES string of the molecule is COc1ccc(CC/C(C)=C2\C(=C(\Cl)S(=O)c3ccc(C)cc3)C2S(=O)c2ccc(C)cc2)cc1. The summed E-state index contributed by atoms with van der Waals surface area (Å²) in [5.74, 6) is 0.829. The van der Waals surface area contributed by atoms with Gasteiger partial charge < -0.3 is 4.74 Å². The van der Waals surface area contributed by atoms with Gasteiger partial charge in [0.2, 0.25) is 0 Å². The molecule has 3 unspecified atom stereocenters. The van der Waals surface area contributed by atoms with E-state index >= 15 is 0 Å². The Hall–Kier alpha value is -2.47. The van der Waals surface area contributed by atoms with Crippen LogP contribution in [-0.2, 0) is 28.0 Å². The first-order valence-corrected chi connectivity index (χ1v) is 14.2. The van der Waals surface area contributed by atoms with Crippen molar-refractivity contribution < 1.29 is 13.2 Å². The zero-order chi connectivity index (χ0) is 25.1. The third-order valence-electron chi connectivity index (χ3n) is 6.22. The van der Waals surface area contributed by atoms with Gasteiger partial charge in [0.05, 0.1) is 34.0 Å². The second kappa shape index (κ2) is 11.1. The van der Waals surface area contributed by atoms with Crippen LogP contribution in [0.2, 0.25) is 0 Å². The van der Waals surface area contributed by atoms with Crippen molar-refractivity contribution in [3.63, 3.8) is 0 Å². The second-order valence-corrected chi connectivity index (χ2v) is 12.4. The standard InChI is InChI=1S/C29H29ClO3S2/c1-19-5-15-24(16-6-19)34(31)28-26(21(3)9-10-22-11-13-23(33-4)14-12-22)27(28)29(30)35(32)25-17-7-20(2)8-18-25/h5-8,11-18,28H,9-10H2,1-4H3/b26-21+,29-27+. The average Bonchev–Trinajstić information content (AvgIpc) is 3.63.